The van der Waals surface area contributed by atoms with E-state index in [0.29, 0.717) is 11.0 Å². The minimum absolute atomic E-state index is 0.0210. The first kappa shape index (κ1) is 18.4. The van der Waals surface area contributed by atoms with Gasteiger partial charge in [-0.05, 0) is 36.4 Å². The van der Waals surface area contributed by atoms with Crippen LogP contribution in [0.4, 0.5) is 13.2 Å². The lowest BCUT2D eigenvalue weighted by Gasteiger charge is -2.11. The van der Waals surface area contributed by atoms with Gasteiger partial charge in [-0.3, -0.25) is 14.4 Å². The number of amides is 1. The van der Waals surface area contributed by atoms with Crippen molar-refractivity contribution in [2.75, 3.05) is 6.54 Å². The summed E-state index contributed by atoms with van der Waals surface area (Å²) in [6.45, 7) is 0.0584. The van der Waals surface area contributed by atoms with Gasteiger partial charge >= 0.3 is 17.3 Å². The molecule has 0 bridgehead atoms. The highest BCUT2D eigenvalue weighted by Crippen LogP contribution is 2.29. The number of benzene rings is 2. The maximum absolute atomic E-state index is 12.5. The van der Waals surface area contributed by atoms with E-state index in [1.165, 1.54) is 4.57 Å². The number of H-pyrrole nitrogens is 1. The molecule has 1 aromatic heterocycles. The number of halogens is 3. The molecule has 0 fully saturated rings. The molecule has 9 heteroatoms. The van der Waals surface area contributed by atoms with Crippen LogP contribution in [0.2, 0.25) is 0 Å². The number of aromatic amines is 1. The smallest absolute Gasteiger partial charge is 0.350 e. The van der Waals surface area contributed by atoms with Crippen LogP contribution in [0, 0.1) is 0 Å². The molecular weight excluding hydrogens is 363 g/mol. The first-order valence-electron chi connectivity index (χ1n) is 7.95. The SMILES string of the molecule is O=C(NCCn1c(=O)c(=O)[nH]c2ccccc21)c1ccc(C(F)(F)F)cc1. The molecule has 0 atom stereocenters. The Kier molecular flexibility index (Phi) is 4.85. The average Bonchev–Trinajstić information content (AvgIpc) is 2.64. The molecule has 0 unspecified atom stereocenters. The van der Waals surface area contributed by atoms with Crippen LogP contribution < -0.4 is 16.4 Å². The van der Waals surface area contributed by atoms with E-state index in [0.717, 1.165) is 24.3 Å². The average molecular weight is 377 g/mol. The molecule has 0 saturated carbocycles. The van der Waals surface area contributed by atoms with Crippen LogP contribution in [0.3, 0.4) is 0 Å². The third-order valence-corrected chi connectivity index (χ3v) is 3.98. The van der Waals surface area contributed by atoms with E-state index in [-0.39, 0.29) is 18.7 Å². The van der Waals surface area contributed by atoms with Crippen molar-refractivity contribution >= 4 is 16.9 Å². The maximum atomic E-state index is 12.5. The van der Waals surface area contributed by atoms with Crippen molar-refractivity contribution in [2.24, 2.45) is 0 Å². The van der Waals surface area contributed by atoms with Crippen LogP contribution in [0.25, 0.3) is 11.0 Å². The predicted molar refractivity (Wildman–Crippen MR) is 92.6 cm³/mol. The molecule has 0 aliphatic carbocycles. The quantitative estimate of drug-likeness (QED) is 0.684. The van der Waals surface area contributed by atoms with Crippen molar-refractivity contribution in [3.63, 3.8) is 0 Å². The van der Waals surface area contributed by atoms with Crippen molar-refractivity contribution in [3.05, 3.63) is 80.4 Å². The van der Waals surface area contributed by atoms with Gasteiger partial charge in [-0.15, -0.1) is 0 Å². The Morgan fingerprint density at radius 3 is 2.37 bits per heavy atom. The largest absolute Gasteiger partial charge is 0.416 e. The Bertz CT molecular complexity index is 1100. The third-order valence-electron chi connectivity index (χ3n) is 3.98. The molecular formula is C18H14F3N3O3. The number of fused-ring (bicyclic) bond motifs is 1. The van der Waals surface area contributed by atoms with E-state index >= 15 is 0 Å². The molecule has 2 aromatic carbocycles. The molecule has 2 N–H and O–H groups in total. The van der Waals surface area contributed by atoms with Gasteiger partial charge in [-0.1, -0.05) is 12.1 Å². The van der Waals surface area contributed by atoms with Crippen LogP contribution in [-0.4, -0.2) is 22.0 Å². The molecule has 0 saturated heterocycles. The summed E-state index contributed by atoms with van der Waals surface area (Å²) in [4.78, 5) is 38.3. The Morgan fingerprint density at radius 1 is 1.04 bits per heavy atom. The van der Waals surface area contributed by atoms with Gasteiger partial charge < -0.3 is 14.9 Å². The molecule has 0 aliphatic heterocycles. The van der Waals surface area contributed by atoms with Gasteiger partial charge in [0.05, 0.1) is 16.6 Å². The molecule has 27 heavy (non-hydrogen) atoms. The van der Waals surface area contributed by atoms with E-state index in [2.05, 4.69) is 10.3 Å². The van der Waals surface area contributed by atoms with Crippen molar-refractivity contribution in [1.29, 1.82) is 0 Å². The van der Waals surface area contributed by atoms with Gasteiger partial charge in [-0.2, -0.15) is 13.2 Å². The second-order valence-corrected chi connectivity index (χ2v) is 5.76. The fourth-order valence-electron chi connectivity index (χ4n) is 2.64. The maximum Gasteiger partial charge on any atom is 0.416 e. The molecule has 140 valence electrons. The number of aromatic nitrogens is 2. The van der Waals surface area contributed by atoms with Crippen LogP contribution in [-0.2, 0) is 12.7 Å². The highest BCUT2D eigenvalue weighted by Gasteiger charge is 2.30. The number of nitrogens with one attached hydrogen (secondary N) is 2. The molecule has 0 aliphatic rings. The molecule has 3 aromatic rings. The number of hydrogen-bond acceptors (Lipinski definition) is 3. The molecule has 0 radical (unpaired) electrons. The molecule has 6 nitrogen and oxygen atoms in total. The van der Waals surface area contributed by atoms with Gasteiger partial charge in [0, 0.05) is 18.7 Å². The van der Waals surface area contributed by atoms with Gasteiger partial charge in [0.15, 0.2) is 0 Å². The lowest BCUT2D eigenvalue weighted by Crippen LogP contribution is -2.39. The first-order chi connectivity index (χ1) is 12.8. The van der Waals surface area contributed by atoms with E-state index in [4.69, 9.17) is 0 Å². The number of carbonyl (C=O) groups excluding carboxylic acids is 1. The summed E-state index contributed by atoms with van der Waals surface area (Å²) in [6.07, 6.45) is -4.47. The van der Waals surface area contributed by atoms with E-state index in [1.807, 2.05) is 0 Å². The van der Waals surface area contributed by atoms with E-state index in [1.54, 1.807) is 24.3 Å². The van der Waals surface area contributed by atoms with Gasteiger partial charge in [0.1, 0.15) is 0 Å². The van der Waals surface area contributed by atoms with Gasteiger partial charge in [0.2, 0.25) is 0 Å². The van der Waals surface area contributed by atoms with E-state index in [9.17, 15) is 27.6 Å². The highest BCUT2D eigenvalue weighted by molar-refractivity contribution is 5.94. The highest BCUT2D eigenvalue weighted by atomic mass is 19.4. The summed E-state index contributed by atoms with van der Waals surface area (Å²) in [5, 5.41) is 2.52. The fraction of sp³-hybridized carbons (Fsp3) is 0.167. The fourth-order valence-corrected chi connectivity index (χ4v) is 2.64. The topological polar surface area (TPSA) is 84.0 Å². The van der Waals surface area contributed by atoms with Crippen LogP contribution in [0.15, 0.2) is 58.1 Å². The Labute approximate surface area is 150 Å². The number of nitrogens with zero attached hydrogens (tertiary/aromatic N) is 1. The minimum atomic E-state index is -4.47. The zero-order chi connectivity index (χ0) is 19.6. The standard InChI is InChI=1S/C18H14F3N3O3/c19-18(20,21)12-7-5-11(6-8-12)15(25)22-9-10-24-14-4-2-1-3-13(14)23-16(26)17(24)27/h1-8H,9-10H2,(H,22,25)(H,23,26). The van der Waals surface area contributed by atoms with Gasteiger partial charge in [0.25, 0.3) is 5.91 Å². The lowest BCUT2D eigenvalue weighted by atomic mass is 10.1. The summed E-state index contributed by atoms with van der Waals surface area (Å²) in [6, 6.07) is 10.5. The predicted octanol–water partition coefficient (Wildman–Crippen LogP) is 2.14. The summed E-state index contributed by atoms with van der Waals surface area (Å²) in [7, 11) is 0. The summed E-state index contributed by atoms with van der Waals surface area (Å²) >= 11 is 0. The summed E-state index contributed by atoms with van der Waals surface area (Å²) in [5.41, 5.74) is -1.33. The van der Waals surface area contributed by atoms with Crippen LogP contribution >= 0.6 is 0 Å². The van der Waals surface area contributed by atoms with E-state index < -0.39 is 28.8 Å². The monoisotopic (exact) mass is 377 g/mol. The van der Waals surface area contributed by atoms with Crippen molar-refractivity contribution < 1.29 is 18.0 Å². The van der Waals surface area contributed by atoms with Crippen LogP contribution in [0.1, 0.15) is 15.9 Å². The Morgan fingerprint density at radius 2 is 1.70 bits per heavy atom. The molecule has 1 amide bonds. The number of rotatable bonds is 4. The van der Waals surface area contributed by atoms with Crippen LogP contribution in [0.5, 0.6) is 0 Å². The number of hydrogen-bond donors (Lipinski definition) is 2. The Hall–Kier alpha value is -3.36. The van der Waals surface area contributed by atoms with Gasteiger partial charge in [-0.25, -0.2) is 0 Å². The second-order valence-electron chi connectivity index (χ2n) is 5.76. The summed E-state index contributed by atoms with van der Waals surface area (Å²) in [5.74, 6) is -0.578. The molecule has 3 rings (SSSR count). The lowest BCUT2D eigenvalue weighted by molar-refractivity contribution is -0.137. The number of alkyl halides is 3. The van der Waals surface area contributed by atoms with Crippen molar-refractivity contribution in [2.45, 2.75) is 12.7 Å². The number of para-hydroxylation sites is 2. The number of carbonyl (C=O) groups is 1. The Balaban J connectivity index is 1.73. The zero-order valence-electron chi connectivity index (χ0n) is 13.8. The second kappa shape index (κ2) is 7.10. The minimum Gasteiger partial charge on any atom is -0.350 e. The molecule has 1 heterocycles. The van der Waals surface area contributed by atoms with Crippen molar-refractivity contribution in [3.8, 4) is 0 Å². The third kappa shape index (κ3) is 3.91. The summed E-state index contributed by atoms with van der Waals surface area (Å²) < 4.78 is 38.9. The zero-order valence-corrected chi connectivity index (χ0v) is 13.8. The normalized spacial score (nSPS) is 11.5. The molecule has 0 spiro atoms. The first-order valence-corrected chi connectivity index (χ1v) is 7.95. The van der Waals surface area contributed by atoms with Crippen molar-refractivity contribution in [1.82, 2.24) is 14.9 Å².